The molecule has 0 bridgehead atoms. The van der Waals surface area contributed by atoms with E-state index in [0.29, 0.717) is 34.1 Å². The lowest BCUT2D eigenvalue weighted by molar-refractivity contribution is -0.126. The number of amides is 1. The molecule has 3 atom stereocenters. The molecule has 34 heavy (non-hydrogen) atoms. The van der Waals surface area contributed by atoms with E-state index in [1.807, 2.05) is 6.07 Å². The third-order valence-corrected chi connectivity index (χ3v) is 7.53. The van der Waals surface area contributed by atoms with E-state index in [1.165, 1.54) is 16.7 Å². The number of ether oxygens (including phenoxy) is 1. The highest BCUT2D eigenvalue weighted by molar-refractivity contribution is 6.30. The summed E-state index contributed by atoms with van der Waals surface area (Å²) in [7, 11) is 0. The lowest BCUT2D eigenvalue weighted by Crippen LogP contribution is -2.37. The van der Waals surface area contributed by atoms with Crippen LogP contribution >= 0.6 is 11.6 Å². The molecule has 2 aromatic rings. The number of Topliss-reactive ketones (excluding diaryl/α,β-unsaturated/α-hetero) is 1. The summed E-state index contributed by atoms with van der Waals surface area (Å²) in [5.74, 6) is 1.76. The Hall–Kier alpha value is -2.79. The van der Waals surface area contributed by atoms with Gasteiger partial charge in [0.15, 0.2) is 0 Å². The first-order chi connectivity index (χ1) is 16.2. The molecule has 3 aliphatic carbocycles. The molecule has 0 spiro atoms. The van der Waals surface area contributed by atoms with Gasteiger partial charge >= 0.3 is 6.09 Å². The molecule has 2 aromatic carbocycles. The molecule has 5 nitrogen and oxygen atoms in total. The summed E-state index contributed by atoms with van der Waals surface area (Å²) in [5, 5.41) is 12.8. The molecule has 0 saturated heterocycles. The molecule has 0 radical (unpaired) electrons. The van der Waals surface area contributed by atoms with Crippen molar-refractivity contribution in [3.8, 4) is 5.75 Å². The highest BCUT2D eigenvalue weighted by atomic mass is 35.5. The van der Waals surface area contributed by atoms with Crippen LogP contribution in [-0.2, 0) is 16.0 Å². The molecule has 0 aliphatic heterocycles. The van der Waals surface area contributed by atoms with Crippen molar-refractivity contribution in [2.24, 2.45) is 11.3 Å². The Morgan fingerprint density at radius 2 is 2.00 bits per heavy atom. The van der Waals surface area contributed by atoms with Crippen molar-refractivity contribution in [1.29, 1.82) is 0 Å². The number of carbonyl (C=O) groups excluding carboxylic acids is 2. The molecule has 2 fully saturated rings. The number of rotatable bonds is 2. The fraction of sp³-hybridized carbons (Fsp3) is 0.429. The monoisotopic (exact) mass is 481 g/mol. The first-order valence-corrected chi connectivity index (χ1v) is 12.3. The predicted molar refractivity (Wildman–Crippen MR) is 134 cm³/mol. The second-order valence-electron chi connectivity index (χ2n) is 9.90. The van der Waals surface area contributed by atoms with Crippen LogP contribution in [-0.4, -0.2) is 23.1 Å². The zero-order valence-corrected chi connectivity index (χ0v) is 20.7. The van der Waals surface area contributed by atoms with Gasteiger partial charge in [-0.2, -0.15) is 0 Å². The molecular formula is C28H32ClNO4. The van der Waals surface area contributed by atoms with Gasteiger partial charge < -0.3 is 9.84 Å². The van der Waals surface area contributed by atoms with Crippen LogP contribution in [0.25, 0.3) is 0 Å². The third kappa shape index (κ3) is 5.00. The first kappa shape index (κ1) is 24.3. The molecule has 3 aliphatic rings. The van der Waals surface area contributed by atoms with Crippen molar-refractivity contribution < 1.29 is 19.4 Å². The highest BCUT2D eigenvalue weighted by Crippen LogP contribution is 2.57. The van der Waals surface area contributed by atoms with Crippen LogP contribution < -0.4 is 5.32 Å². The highest BCUT2D eigenvalue weighted by Gasteiger charge is 2.52. The Bertz CT molecular complexity index is 1130. The largest absolute Gasteiger partial charge is 0.508 e. The summed E-state index contributed by atoms with van der Waals surface area (Å²) >= 11 is 5.74. The second-order valence-corrected chi connectivity index (χ2v) is 10.3. The van der Waals surface area contributed by atoms with Crippen molar-refractivity contribution in [3.63, 3.8) is 0 Å². The van der Waals surface area contributed by atoms with Crippen molar-refractivity contribution in [2.75, 3.05) is 5.32 Å². The topological polar surface area (TPSA) is 75.6 Å². The van der Waals surface area contributed by atoms with Gasteiger partial charge in [0.05, 0.1) is 6.10 Å². The Labute approximate surface area is 206 Å². The van der Waals surface area contributed by atoms with Gasteiger partial charge in [0, 0.05) is 28.5 Å². The van der Waals surface area contributed by atoms with Crippen LogP contribution in [0.5, 0.6) is 5.75 Å². The maximum atomic E-state index is 12.2. The number of hydrogen-bond donors (Lipinski definition) is 2. The quantitative estimate of drug-likeness (QED) is 0.451. The number of ketones is 1. The molecule has 6 heteroatoms. The van der Waals surface area contributed by atoms with E-state index in [4.69, 9.17) is 16.3 Å². The van der Waals surface area contributed by atoms with E-state index >= 15 is 0 Å². The predicted octanol–water partition coefficient (Wildman–Crippen LogP) is 7.03. The Morgan fingerprint density at radius 3 is 2.74 bits per heavy atom. The number of allylic oxidation sites excluding steroid dienone is 2. The molecule has 2 N–H and O–H groups in total. The van der Waals surface area contributed by atoms with Gasteiger partial charge in [-0.3, -0.25) is 10.1 Å². The van der Waals surface area contributed by atoms with E-state index in [9.17, 15) is 14.7 Å². The number of benzene rings is 2. The zero-order valence-electron chi connectivity index (χ0n) is 19.9. The summed E-state index contributed by atoms with van der Waals surface area (Å²) in [6, 6.07) is 12.7. The Balaban J connectivity index is 0.000000173. The van der Waals surface area contributed by atoms with E-state index in [0.717, 1.165) is 32.1 Å². The number of nitrogens with one attached hydrogen (secondary N) is 1. The number of phenols is 1. The minimum Gasteiger partial charge on any atom is -0.508 e. The zero-order chi connectivity index (χ0) is 24.5. The van der Waals surface area contributed by atoms with Gasteiger partial charge in [-0.15, -0.1) is 0 Å². The summed E-state index contributed by atoms with van der Waals surface area (Å²) in [6.07, 6.45) is 6.51. The number of carbonyl (C=O) groups is 2. The van der Waals surface area contributed by atoms with Crippen molar-refractivity contribution in [3.05, 3.63) is 70.3 Å². The molecule has 5 rings (SSSR count). The number of anilines is 1. The fourth-order valence-corrected chi connectivity index (χ4v) is 5.85. The molecule has 1 amide bonds. The Morgan fingerprint density at radius 1 is 1.21 bits per heavy atom. The third-order valence-electron chi connectivity index (χ3n) is 7.30. The maximum absolute atomic E-state index is 12.2. The van der Waals surface area contributed by atoms with Crippen LogP contribution in [0.15, 0.2) is 54.1 Å². The summed E-state index contributed by atoms with van der Waals surface area (Å²) in [5.41, 5.74) is 4.66. The Kier molecular flexibility index (Phi) is 7.04. The number of phenolic OH excluding ortho intramolecular Hbond substituents is 1. The van der Waals surface area contributed by atoms with Gasteiger partial charge in [0.2, 0.25) is 0 Å². The van der Waals surface area contributed by atoms with Crippen LogP contribution in [0.4, 0.5) is 10.5 Å². The van der Waals surface area contributed by atoms with Gasteiger partial charge in [-0.05, 0) is 86.9 Å². The average Bonchev–Trinajstić information content (AvgIpc) is 3.08. The van der Waals surface area contributed by atoms with Crippen LogP contribution in [0, 0.1) is 11.3 Å². The van der Waals surface area contributed by atoms with E-state index in [1.54, 1.807) is 44.2 Å². The number of hydrogen-bond acceptors (Lipinski definition) is 4. The molecule has 3 unspecified atom stereocenters. The normalized spacial score (nSPS) is 24.7. The first-order valence-electron chi connectivity index (χ1n) is 12.0. The minimum atomic E-state index is -0.470. The van der Waals surface area contributed by atoms with E-state index in [-0.39, 0.29) is 11.5 Å². The maximum Gasteiger partial charge on any atom is 0.411 e. The van der Waals surface area contributed by atoms with Gasteiger partial charge in [0.25, 0.3) is 0 Å². The smallest absolute Gasteiger partial charge is 0.411 e. The van der Waals surface area contributed by atoms with Crippen molar-refractivity contribution in [1.82, 2.24) is 0 Å². The van der Waals surface area contributed by atoms with Gasteiger partial charge in [-0.1, -0.05) is 42.3 Å². The lowest BCUT2D eigenvalue weighted by atomic mass is 9.60. The minimum absolute atomic E-state index is 0.100. The van der Waals surface area contributed by atoms with Gasteiger partial charge in [0.1, 0.15) is 11.5 Å². The summed E-state index contributed by atoms with van der Waals surface area (Å²) < 4.78 is 4.90. The summed E-state index contributed by atoms with van der Waals surface area (Å²) in [4.78, 5) is 23.4. The fourth-order valence-electron chi connectivity index (χ4n) is 5.66. The van der Waals surface area contributed by atoms with Crippen LogP contribution in [0.3, 0.4) is 0 Å². The number of aromatic hydroxyl groups is 1. The SMILES string of the molecule is CC(C)OC(=O)Nc1cccc(Cl)c1.CC12CCC3C(=CCc4cc(O)ccc43)C1CCC2=O. The van der Waals surface area contributed by atoms with E-state index in [2.05, 4.69) is 24.4 Å². The number of halogens is 1. The molecule has 0 heterocycles. The van der Waals surface area contributed by atoms with Crippen molar-refractivity contribution in [2.45, 2.75) is 64.9 Å². The van der Waals surface area contributed by atoms with Crippen LogP contribution in [0.1, 0.15) is 63.5 Å². The molecule has 0 aromatic heterocycles. The molecular weight excluding hydrogens is 450 g/mol. The molecule has 180 valence electrons. The van der Waals surface area contributed by atoms with Crippen LogP contribution in [0.2, 0.25) is 5.02 Å². The standard InChI is InChI=1S/C18H20O2.C10H12ClNO2/c1-18-9-8-14-13-5-3-12(19)10-11(13)2-4-15(14)16(18)6-7-17(18)20;1-7(2)14-10(13)12-9-5-3-4-8(11)6-9/h3-5,10,14,16,19H,2,6-9H2,1H3;3-7H,1-2H3,(H,12,13). The average molecular weight is 482 g/mol. The number of fused-ring (bicyclic) bond motifs is 5. The van der Waals surface area contributed by atoms with Gasteiger partial charge in [-0.25, -0.2) is 4.79 Å². The summed E-state index contributed by atoms with van der Waals surface area (Å²) in [6.45, 7) is 5.76. The second kappa shape index (κ2) is 9.83. The van der Waals surface area contributed by atoms with Crippen molar-refractivity contribution >= 4 is 29.2 Å². The molecule has 2 saturated carbocycles. The lowest BCUT2D eigenvalue weighted by Gasteiger charge is -2.43. The van der Waals surface area contributed by atoms with E-state index < -0.39 is 6.09 Å².